The van der Waals surface area contributed by atoms with E-state index in [1.807, 2.05) is 6.07 Å². The predicted molar refractivity (Wildman–Crippen MR) is 72.9 cm³/mol. The normalized spacial score (nSPS) is 12.7. The summed E-state index contributed by atoms with van der Waals surface area (Å²) in [6.07, 6.45) is 2.44. The summed E-state index contributed by atoms with van der Waals surface area (Å²) in [5.41, 5.74) is 0.630. The highest BCUT2D eigenvalue weighted by Crippen LogP contribution is 2.26. The van der Waals surface area contributed by atoms with Crippen molar-refractivity contribution < 1.29 is 9.63 Å². The van der Waals surface area contributed by atoms with E-state index >= 15 is 0 Å². The van der Waals surface area contributed by atoms with Gasteiger partial charge in [-0.15, -0.1) is 0 Å². The van der Waals surface area contributed by atoms with Crippen molar-refractivity contribution in [3.8, 4) is 11.5 Å². The van der Waals surface area contributed by atoms with Crippen LogP contribution < -0.4 is 0 Å². The highest BCUT2D eigenvalue weighted by Gasteiger charge is 2.13. The molecule has 0 amide bonds. The molecule has 1 unspecified atom stereocenters. The maximum atomic E-state index is 9.20. The molecule has 1 atom stereocenters. The third-order valence-electron chi connectivity index (χ3n) is 2.26. The third kappa shape index (κ3) is 3.37. The summed E-state index contributed by atoms with van der Waals surface area (Å²) in [4.78, 5) is 8.47. The van der Waals surface area contributed by atoms with Gasteiger partial charge >= 0.3 is 0 Å². The highest BCUT2D eigenvalue weighted by molar-refractivity contribution is 9.11. The fourth-order valence-corrected chi connectivity index (χ4v) is 2.53. The lowest BCUT2D eigenvalue weighted by Crippen LogP contribution is -2.01. The first-order valence-corrected chi connectivity index (χ1v) is 6.97. The zero-order chi connectivity index (χ0) is 13.1. The molecule has 0 spiro atoms. The van der Waals surface area contributed by atoms with E-state index in [2.05, 4.69) is 47.0 Å². The molecule has 2 aromatic heterocycles. The number of rotatable bonds is 4. The number of hydrogen-bond donors (Lipinski definition) is 1. The molecule has 0 fully saturated rings. The minimum absolute atomic E-state index is 0.377. The van der Waals surface area contributed by atoms with Crippen molar-refractivity contribution in [3.05, 3.63) is 27.1 Å². The van der Waals surface area contributed by atoms with Crippen LogP contribution in [0.2, 0.25) is 0 Å². The predicted octanol–water partition coefficient (Wildman–Crippen LogP) is 2.97. The van der Waals surface area contributed by atoms with Crippen LogP contribution in [-0.2, 0) is 6.42 Å². The largest absolute Gasteiger partial charge is 0.393 e. The molecule has 0 aliphatic carbocycles. The van der Waals surface area contributed by atoms with Gasteiger partial charge in [-0.05, 0) is 51.3 Å². The number of aromatic nitrogens is 3. The Balaban J connectivity index is 2.18. The zero-order valence-corrected chi connectivity index (χ0v) is 12.8. The molecular weight excluding hydrogens is 366 g/mol. The van der Waals surface area contributed by atoms with Gasteiger partial charge in [-0.25, -0.2) is 0 Å². The van der Waals surface area contributed by atoms with E-state index < -0.39 is 0 Å². The van der Waals surface area contributed by atoms with Gasteiger partial charge in [0.25, 0.3) is 0 Å². The molecule has 0 aliphatic heterocycles. The molecule has 18 heavy (non-hydrogen) atoms. The van der Waals surface area contributed by atoms with Gasteiger partial charge < -0.3 is 9.63 Å². The molecule has 0 radical (unpaired) electrons. The smallest absolute Gasteiger partial charge is 0.227 e. The quantitative estimate of drug-likeness (QED) is 0.887. The number of aliphatic hydroxyl groups is 1. The van der Waals surface area contributed by atoms with E-state index in [4.69, 9.17) is 4.52 Å². The van der Waals surface area contributed by atoms with Crippen molar-refractivity contribution in [2.45, 2.75) is 25.9 Å². The minimum Gasteiger partial charge on any atom is -0.393 e. The fourth-order valence-electron chi connectivity index (χ4n) is 1.36. The molecule has 5 nitrogen and oxygen atoms in total. The Bertz CT molecular complexity index is 543. The number of pyridine rings is 1. The second kappa shape index (κ2) is 5.90. The van der Waals surface area contributed by atoms with E-state index in [9.17, 15) is 5.11 Å². The van der Waals surface area contributed by atoms with Gasteiger partial charge in [0, 0.05) is 21.6 Å². The summed E-state index contributed by atoms with van der Waals surface area (Å²) in [7, 11) is 0. The summed E-state index contributed by atoms with van der Waals surface area (Å²) in [6.45, 7) is 1.73. The molecule has 2 heterocycles. The summed E-state index contributed by atoms with van der Waals surface area (Å²) in [5, 5.41) is 13.1. The Morgan fingerprint density at radius 2 is 2.22 bits per heavy atom. The topological polar surface area (TPSA) is 72.0 Å². The summed E-state index contributed by atoms with van der Waals surface area (Å²) in [5.74, 6) is 0.942. The van der Waals surface area contributed by atoms with Gasteiger partial charge in [-0.1, -0.05) is 5.16 Å². The Hall–Kier alpha value is -0.790. The van der Waals surface area contributed by atoms with E-state index in [0.717, 1.165) is 8.95 Å². The Morgan fingerprint density at radius 3 is 2.89 bits per heavy atom. The highest BCUT2D eigenvalue weighted by atomic mass is 79.9. The van der Waals surface area contributed by atoms with Crippen LogP contribution in [0.3, 0.4) is 0 Å². The first-order valence-electron chi connectivity index (χ1n) is 5.38. The molecule has 0 aliphatic rings. The molecule has 96 valence electrons. The minimum atomic E-state index is -0.377. The van der Waals surface area contributed by atoms with E-state index in [1.54, 1.807) is 13.1 Å². The van der Waals surface area contributed by atoms with Gasteiger partial charge in [0.05, 0.1) is 6.10 Å². The van der Waals surface area contributed by atoms with Crippen molar-refractivity contribution in [3.63, 3.8) is 0 Å². The van der Waals surface area contributed by atoms with Crippen LogP contribution in [0.4, 0.5) is 0 Å². The van der Waals surface area contributed by atoms with Gasteiger partial charge in [-0.2, -0.15) is 4.98 Å². The molecule has 1 N–H and O–H groups in total. The lowest BCUT2D eigenvalue weighted by atomic mass is 10.2. The maximum Gasteiger partial charge on any atom is 0.227 e. The van der Waals surface area contributed by atoms with Crippen molar-refractivity contribution >= 4 is 31.9 Å². The summed E-state index contributed by atoms with van der Waals surface area (Å²) in [6, 6.07) is 1.87. The monoisotopic (exact) mass is 375 g/mol. The second-order valence-electron chi connectivity index (χ2n) is 3.88. The van der Waals surface area contributed by atoms with Crippen molar-refractivity contribution in [2.24, 2.45) is 0 Å². The lowest BCUT2D eigenvalue weighted by Gasteiger charge is -1.99. The van der Waals surface area contributed by atoms with Crippen molar-refractivity contribution in [1.82, 2.24) is 15.1 Å². The molecule has 0 aromatic carbocycles. The Morgan fingerprint density at radius 1 is 1.44 bits per heavy atom. The van der Waals surface area contributed by atoms with E-state index in [1.165, 1.54) is 0 Å². The van der Waals surface area contributed by atoms with Gasteiger partial charge in [0.1, 0.15) is 5.69 Å². The number of hydrogen-bond acceptors (Lipinski definition) is 5. The van der Waals surface area contributed by atoms with Crippen LogP contribution in [0, 0.1) is 0 Å². The average molecular weight is 377 g/mol. The van der Waals surface area contributed by atoms with Crippen LogP contribution in [0.1, 0.15) is 19.2 Å². The lowest BCUT2D eigenvalue weighted by molar-refractivity contribution is 0.180. The molecule has 0 saturated heterocycles. The first-order chi connectivity index (χ1) is 8.56. The Labute approximate surface area is 121 Å². The molecular formula is C11H11Br2N3O2. The van der Waals surface area contributed by atoms with Crippen LogP contribution >= 0.6 is 31.9 Å². The number of nitrogens with zero attached hydrogens (tertiary/aromatic N) is 3. The van der Waals surface area contributed by atoms with Gasteiger partial charge in [0.15, 0.2) is 0 Å². The molecule has 0 saturated carbocycles. The Kier molecular flexibility index (Phi) is 4.47. The second-order valence-corrected chi connectivity index (χ2v) is 5.65. The summed E-state index contributed by atoms with van der Waals surface area (Å²) < 4.78 is 6.77. The standard InChI is InChI=1S/C11H11Br2N3O2/c1-6(17)2-3-9-15-11(16-18-9)10-8(13)4-7(12)5-14-10/h4-6,17H,2-3H2,1H3. The third-order valence-corrected chi connectivity index (χ3v) is 3.30. The van der Waals surface area contributed by atoms with Gasteiger partial charge in [0.2, 0.25) is 11.7 Å². The molecule has 7 heteroatoms. The maximum absolute atomic E-state index is 9.20. The van der Waals surface area contributed by atoms with Crippen LogP contribution in [0.5, 0.6) is 0 Å². The number of aryl methyl sites for hydroxylation is 1. The fraction of sp³-hybridized carbons (Fsp3) is 0.364. The van der Waals surface area contributed by atoms with Crippen LogP contribution in [0.15, 0.2) is 25.7 Å². The zero-order valence-electron chi connectivity index (χ0n) is 9.60. The van der Waals surface area contributed by atoms with Crippen LogP contribution in [0.25, 0.3) is 11.5 Å². The van der Waals surface area contributed by atoms with E-state index in [-0.39, 0.29) is 6.10 Å². The number of aliphatic hydroxyl groups excluding tert-OH is 1. The van der Waals surface area contributed by atoms with Crippen molar-refractivity contribution in [1.29, 1.82) is 0 Å². The molecule has 2 aromatic rings. The first kappa shape index (κ1) is 13.6. The average Bonchev–Trinajstić information content (AvgIpc) is 2.75. The number of halogens is 2. The SMILES string of the molecule is CC(O)CCc1nc(-c2ncc(Br)cc2Br)no1. The molecule has 2 rings (SSSR count). The van der Waals surface area contributed by atoms with Crippen LogP contribution in [-0.4, -0.2) is 26.3 Å². The van der Waals surface area contributed by atoms with Crippen molar-refractivity contribution in [2.75, 3.05) is 0 Å². The van der Waals surface area contributed by atoms with E-state index in [0.29, 0.717) is 30.3 Å². The van der Waals surface area contributed by atoms with Gasteiger partial charge in [-0.3, -0.25) is 4.98 Å². The summed E-state index contributed by atoms with van der Waals surface area (Å²) >= 11 is 6.73. The molecule has 0 bridgehead atoms.